The van der Waals surface area contributed by atoms with Gasteiger partial charge in [0.15, 0.2) is 0 Å². The summed E-state index contributed by atoms with van der Waals surface area (Å²) in [6, 6.07) is -0.0834. The Balaban J connectivity index is 2.57. The maximum atomic E-state index is 12.3. The highest BCUT2D eigenvalue weighted by Crippen LogP contribution is 2.21. The highest BCUT2D eigenvalue weighted by Gasteiger charge is 2.27. The van der Waals surface area contributed by atoms with Crippen molar-refractivity contribution in [3.63, 3.8) is 0 Å². The summed E-state index contributed by atoms with van der Waals surface area (Å²) in [5.74, 6) is 1.76. The first-order valence-electron chi connectivity index (χ1n) is 7.30. The third-order valence-electron chi connectivity index (χ3n) is 3.76. The Bertz CT molecular complexity index is 376. The van der Waals surface area contributed by atoms with Crippen LogP contribution in [0.5, 0.6) is 0 Å². The summed E-state index contributed by atoms with van der Waals surface area (Å²) in [5.41, 5.74) is 0. The van der Waals surface area contributed by atoms with Crippen molar-refractivity contribution < 1.29 is 14.7 Å². The number of terminal acetylenes is 1. The van der Waals surface area contributed by atoms with E-state index in [2.05, 4.69) is 11.2 Å². The van der Waals surface area contributed by atoms with Gasteiger partial charge in [-0.1, -0.05) is 6.92 Å². The van der Waals surface area contributed by atoms with Gasteiger partial charge in [0.05, 0.1) is 0 Å². The largest absolute Gasteiger partial charge is 0.481 e. The lowest BCUT2D eigenvalue weighted by Gasteiger charge is -2.36. The molecule has 112 valence electrons. The second-order valence-electron chi connectivity index (χ2n) is 5.24. The molecule has 2 amide bonds. The normalized spacial score (nSPS) is 20.0. The van der Waals surface area contributed by atoms with Gasteiger partial charge in [0.25, 0.3) is 0 Å². The Hall–Kier alpha value is -1.70. The molecule has 0 aromatic carbocycles. The molecule has 5 nitrogen and oxygen atoms in total. The molecule has 2 unspecified atom stereocenters. The summed E-state index contributed by atoms with van der Waals surface area (Å²) >= 11 is 0. The second-order valence-corrected chi connectivity index (χ2v) is 5.24. The zero-order valence-electron chi connectivity index (χ0n) is 12.1. The number of hydrogen-bond donors (Lipinski definition) is 2. The van der Waals surface area contributed by atoms with E-state index in [0.29, 0.717) is 19.4 Å². The van der Waals surface area contributed by atoms with Crippen LogP contribution in [0.4, 0.5) is 4.79 Å². The van der Waals surface area contributed by atoms with Gasteiger partial charge in [-0.2, -0.15) is 0 Å². The third kappa shape index (κ3) is 5.12. The molecule has 2 N–H and O–H groups in total. The van der Waals surface area contributed by atoms with Crippen LogP contribution in [-0.4, -0.2) is 40.6 Å². The van der Waals surface area contributed by atoms with E-state index in [9.17, 15) is 9.59 Å². The number of carboxylic acids is 1. The number of urea groups is 1. The van der Waals surface area contributed by atoms with Gasteiger partial charge in [-0.05, 0) is 32.1 Å². The third-order valence-corrected chi connectivity index (χ3v) is 3.76. The predicted octanol–water partition coefficient (Wildman–Crippen LogP) is 2.22. The first kappa shape index (κ1) is 16.4. The van der Waals surface area contributed by atoms with Gasteiger partial charge in [-0.3, -0.25) is 4.79 Å². The quantitative estimate of drug-likeness (QED) is 0.733. The van der Waals surface area contributed by atoms with Crippen molar-refractivity contribution in [1.29, 1.82) is 0 Å². The van der Waals surface area contributed by atoms with Crippen molar-refractivity contribution in [2.75, 3.05) is 6.54 Å². The zero-order chi connectivity index (χ0) is 15.0. The van der Waals surface area contributed by atoms with Gasteiger partial charge in [-0.25, -0.2) is 4.79 Å². The second kappa shape index (κ2) is 8.47. The molecule has 0 saturated carbocycles. The van der Waals surface area contributed by atoms with Crippen molar-refractivity contribution in [3.05, 3.63) is 0 Å². The van der Waals surface area contributed by atoms with Gasteiger partial charge in [0, 0.05) is 31.5 Å². The Morgan fingerprint density at radius 1 is 1.50 bits per heavy atom. The van der Waals surface area contributed by atoms with Crippen molar-refractivity contribution in [3.8, 4) is 12.3 Å². The van der Waals surface area contributed by atoms with E-state index in [4.69, 9.17) is 11.5 Å². The first-order chi connectivity index (χ1) is 9.58. The van der Waals surface area contributed by atoms with Crippen LogP contribution in [0.15, 0.2) is 0 Å². The number of nitrogens with zero attached hydrogens (tertiary/aromatic N) is 1. The molecule has 20 heavy (non-hydrogen) atoms. The Morgan fingerprint density at radius 3 is 2.85 bits per heavy atom. The number of likely N-dealkylation sites (tertiary alicyclic amines) is 1. The van der Waals surface area contributed by atoms with Crippen LogP contribution < -0.4 is 5.32 Å². The maximum absolute atomic E-state index is 12.3. The number of amides is 2. The molecular weight excluding hydrogens is 256 g/mol. The molecule has 1 rings (SSSR count). The number of nitrogens with one attached hydrogen (secondary N) is 1. The Morgan fingerprint density at radius 2 is 2.25 bits per heavy atom. The average molecular weight is 280 g/mol. The number of rotatable bonds is 6. The van der Waals surface area contributed by atoms with Gasteiger partial charge < -0.3 is 15.3 Å². The van der Waals surface area contributed by atoms with Crippen LogP contribution in [0.3, 0.4) is 0 Å². The van der Waals surface area contributed by atoms with E-state index in [-0.39, 0.29) is 24.5 Å². The molecular formula is C15H24N2O3. The number of aliphatic carboxylic acids is 1. The molecule has 0 aromatic heterocycles. The Kier molecular flexibility index (Phi) is 6.92. The minimum atomic E-state index is -0.810. The Labute approximate surface area is 120 Å². The average Bonchev–Trinajstić information content (AvgIpc) is 2.44. The minimum absolute atomic E-state index is 0.00505. The van der Waals surface area contributed by atoms with Gasteiger partial charge in [0.1, 0.15) is 0 Å². The number of carboxylic acid groups (broad SMARTS) is 1. The van der Waals surface area contributed by atoms with Gasteiger partial charge in [-0.15, -0.1) is 12.3 Å². The molecule has 1 aliphatic rings. The monoisotopic (exact) mass is 280 g/mol. The molecule has 0 spiro atoms. The molecule has 0 bridgehead atoms. The van der Waals surface area contributed by atoms with E-state index in [1.165, 1.54) is 0 Å². The number of carbonyl (C=O) groups excluding carboxylic acids is 1. The molecule has 1 fully saturated rings. The van der Waals surface area contributed by atoms with Gasteiger partial charge in [0.2, 0.25) is 0 Å². The van der Waals surface area contributed by atoms with Crippen LogP contribution >= 0.6 is 0 Å². The molecule has 0 radical (unpaired) electrons. The van der Waals surface area contributed by atoms with Crippen molar-refractivity contribution in [2.45, 2.75) is 64.0 Å². The highest BCUT2D eigenvalue weighted by molar-refractivity contribution is 5.75. The van der Waals surface area contributed by atoms with Gasteiger partial charge >= 0.3 is 12.0 Å². The van der Waals surface area contributed by atoms with E-state index in [1.54, 1.807) is 4.90 Å². The zero-order valence-corrected chi connectivity index (χ0v) is 12.1. The fraction of sp³-hybridized carbons (Fsp3) is 0.733. The molecule has 0 aromatic rings. The summed E-state index contributed by atoms with van der Waals surface area (Å²) in [4.78, 5) is 24.8. The van der Waals surface area contributed by atoms with E-state index >= 15 is 0 Å². The summed E-state index contributed by atoms with van der Waals surface area (Å²) in [5, 5.41) is 11.7. The first-order valence-corrected chi connectivity index (χ1v) is 7.30. The molecule has 5 heteroatoms. The number of carbonyl (C=O) groups is 2. The van der Waals surface area contributed by atoms with Crippen LogP contribution in [0.25, 0.3) is 0 Å². The maximum Gasteiger partial charge on any atom is 0.317 e. The lowest BCUT2D eigenvalue weighted by Crippen LogP contribution is -2.51. The topological polar surface area (TPSA) is 69.6 Å². The number of piperidine rings is 1. The van der Waals surface area contributed by atoms with E-state index in [1.807, 2.05) is 6.92 Å². The number of hydrogen-bond acceptors (Lipinski definition) is 2. The fourth-order valence-electron chi connectivity index (χ4n) is 2.56. The smallest absolute Gasteiger partial charge is 0.317 e. The SMILES string of the molecule is C#CCC(CC)NC(=O)N1CCCCC1CCC(=O)O. The summed E-state index contributed by atoms with van der Waals surface area (Å²) in [7, 11) is 0. The summed E-state index contributed by atoms with van der Waals surface area (Å²) in [6.45, 7) is 2.68. The highest BCUT2D eigenvalue weighted by atomic mass is 16.4. The van der Waals surface area contributed by atoms with Crippen LogP contribution in [0, 0.1) is 12.3 Å². The standard InChI is InChI=1S/C15H24N2O3/c1-3-7-12(4-2)16-15(20)17-11-6-5-8-13(17)9-10-14(18)19/h1,12-13H,4-11H2,2H3,(H,16,20)(H,18,19). The summed E-state index contributed by atoms with van der Waals surface area (Å²) < 4.78 is 0. The van der Waals surface area contributed by atoms with Crippen molar-refractivity contribution in [2.24, 2.45) is 0 Å². The molecule has 1 heterocycles. The molecule has 0 aliphatic carbocycles. The molecule has 2 atom stereocenters. The van der Waals surface area contributed by atoms with Crippen molar-refractivity contribution in [1.82, 2.24) is 10.2 Å². The molecule has 1 saturated heterocycles. The van der Waals surface area contributed by atoms with E-state index < -0.39 is 5.97 Å². The van der Waals surface area contributed by atoms with E-state index in [0.717, 1.165) is 25.7 Å². The lowest BCUT2D eigenvalue weighted by atomic mass is 9.98. The lowest BCUT2D eigenvalue weighted by molar-refractivity contribution is -0.137. The molecule has 1 aliphatic heterocycles. The van der Waals surface area contributed by atoms with Crippen LogP contribution in [-0.2, 0) is 4.79 Å². The van der Waals surface area contributed by atoms with Crippen LogP contribution in [0.2, 0.25) is 0 Å². The summed E-state index contributed by atoms with van der Waals surface area (Å²) in [6.07, 6.45) is 10.1. The predicted molar refractivity (Wildman–Crippen MR) is 77.3 cm³/mol. The van der Waals surface area contributed by atoms with Crippen LogP contribution in [0.1, 0.15) is 51.9 Å². The fourth-order valence-corrected chi connectivity index (χ4v) is 2.56. The minimum Gasteiger partial charge on any atom is -0.481 e. The van der Waals surface area contributed by atoms with Crippen molar-refractivity contribution >= 4 is 12.0 Å².